The molecular formula is C17H26N2O3S. The van der Waals surface area contributed by atoms with Crippen LogP contribution in [0.25, 0.3) is 0 Å². The van der Waals surface area contributed by atoms with Gasteiger partial charge in [-0.1, -0.05) is 19.8 Å². The van der Waals surface area contributed by atoms with Gasteiger partial charge in [-0.3, -0.25) is 0 Å². The van der Waals surface area contributed by atoms with Crippen molar-refractivity contribution in [3.63, 3.8) is 0 Å². The zero-order chi connectivity index (χ0) is 16.8. The summed E-state index contributed by atoms with van der Waals surface area (Å²) >= 11 is 5.45. The first kappa shape index (κ1) is 17.7. The zero-order valence-electron chi connectivity index (χ0n) is 14.3. The number of hydrogen-bond donors (Lipinski definition) is 2. The molecule has 1 aromatic rings. The third-order valence-electron chi connectivity index (χ3n) is 4.35. The molecule has 1 saturated carbocycles. The molecule has 0 radical (unpaired) electrons. The highest BCUT2D eigenvalue weighted by Gasteiger charge is 2.22. The predicted molar refractivity (Wildman–Crippen MR) is 96.9 cm³/mol. The van der Waals surface area contributed by atoms with Gasteiger partial charge in [-0.2, -0.15) is 0 Å². The summed E-state index contributed by atoms with van der Waals surface area (Å²) in [5, 5.41) is 7.27. The van der Waals surface area contributed by atoms with Gasteiger partial charge >= 0.3 is 0 Å². The molecule has 6 heteroatoms. The lowest BCUT2D eigenvalue weighted by Gasteiger charge is -2.30. The first-order valence-corrected chi connectivity index (χ1v) is 8.37. The number of ether oxygens (including phenoxy) is 3. The Morgan fingerprint density at radius 1 is 1.04 bits per heavy atom. The fraction of sp³-hybridized carbons (Fsp3) is 0.588. The van der Waals surface area contributed by atoms with Crippen molar-refractivity contribution in [2.24, 2.45) is 5.92 Å². The Kier molecular flexibility index (Phi) is 6.33. The van der Waals surface area contributed by atoms with E-state index in [1.54, 1.807) is 21.3 Å². The summed E-state index contributed by atoms with van der Waals surface area (Å²) in [6.07, 6.45) is 4.99. The second-order valence-corrected chi connectivity index (χ2v) is 6.29. The quantitative estimate of drug-likeness (QED) is 0.801. The fourth-order valence-corrected chi connectivity index (χ4v) is 3.29. The molecule has 128 valence electrons. The molecule has 0 bridgehead atoms. The summed E-state index contributed by atoms with van der Waals surface area (Å²) in [7, 11) is 4.78. The standard InChI is InChI=1S/C17H26N2O3S/c1-11-7-5-6-8-13(11)19-17(23)18-12-9-14(20-2)16(22-4)15(10-12)21-3/h9-11,13H,5-8H2,1-4H3,(H2,18,19,23)/t11-,13+/m1/s1. The van der Waals surface area contributed by atoms with E-state index in [4.69, 9.17) is 26.4 Å². The van der Waals surface area contributed by atoms with Crippen LogP contribution in [-0.4, -0.2) is 32.5 Å². The summed E-state index contributed by atoms with van der Waals surface area (Å²) in [4.78, 5) is 0. The Morgan fingerprint density at radius 2 is 1.65 bits per heavy atom. The summed E-state index contributed by atoms with van der Waals surface area (Å²) < 4.78 is 16.0. The average molecular weight is 338 g/mol. The molecule has 23 heavy (non-hydrogen) atoms. The van der Waals surface area contributed by atoms with Crippen molar-refractivity contribution in [1.29, 1.82) is 0 Å². The largest absolute Gasteiger partial charge is 0.493 e. The van der Waals surface area contributed by atoms with E-state index < -0.39 is 0 Å². The van der Waals surface area contributed by atoms with Crippen LogP contribution in [0.1, 0.15) is 32.6 Å². The number of rotatable bonds is 5. The van der Waals surface area contributed by atoms with Gasteiger partial charge in [0.25, 0.3) is 0 Å². The number of nitrogens with one attached hydrogen (secondary N) is 2. The molecule has 2 rings (SSSR count). The number of hydrogen-bond acceptors (Lipinski definition) is 4. The van der Waals surface area contributed by atoms with Crippen LogP contribution in [0.2, 0.25) is 0 Å². The van der Waals surface area contributed by atoms with Crippen molar-refractivity contribution >= 4 is 23.0 Å². The van der Waals surface area contributed by atoms with Crippen molar-refractivity contribution in [3.8, 4) is 17.2 Å². The fourth-order valence-electron chi connectivity index (χ4n) is 3.02. The van der Waals surface area contributed by atoms with Gasteiger partial charge in [-0.25, -0.2) is 0 Å². The molecule has 0 heterocycles. The van der Waals surface area contributed by atoms with E-state index in [1.165, 1.54) is 19.3 Å². The first-order chi connectivity index (χ1) is 11.1. The van der Waals surface area contributed by atoms with Crippen LogP contribution in [-0.2, 0) is 0 Å². The molecule has 1 fully saturated rings. The molecule has 2 N–H and O–H groups in total. The molecule has 1 aliphatic rings. The maximum absolute atomic E-state index is 5.45. The van der Waals surface area contributed by atoms with Gasteiger partial charge in [0.15, 0.2) is 16.6 Å². The van der Waals surface area contributed by atoms with E-state index in [-0.39, 0.29) is 0 Å². The summed E-state index contributed by atoms with van der Waals surface area (Å²) in [6.45, 7) is 2.28. The Balaban J connectivity index is 2.08. The molecule has 0 spiro atoms. The van der Waals surface area contributed by atoms with E-state index in [0.29, 0.717) is 34.3 Å². The van der Waals surface area contributed by atoms with E-state index in [9.17, 15) is 0 Å². The molecule has 0 aromatic heterocycles. The number of thiocarbonyl (C=S) groups is 1. The highest BCUT2D eigenvalue weighted by atomic mass is 32.1. The molecular weight excluding hydrogens is 312 g/mol. The molecule has 1 aromatic carbocycles. The zero-order valence-corrected chi connectivity index (χ0v) is 15.1. The number of anilines is 1. The van der Waals surface area contributed by atoms with Crippen LogP contribution < -0.4 is 24.8 Å². The van der Waals surface area contributed by atoms with Gasteiger partial charge in [0.2, 0.25) is 5.75 Å². The summed E-state index contributed by atoms with van der Waals surface area (Å²) in [6, 6.07) is 4.13. The van der Waals surface area contributed by atoms with Crippen LogP contribution in [0, 0.1) is 5.92 Å². The van der Waals surface area contributed by atoms with Crippen LogP contribution >= 0.6 is 12.2 Å². The summed E-state index contributed by atoms with van der Waals surface area (Å²) in [5.41, 5.74) is 0.806. The SMILES string of the molecule is COc1cc(NC(=S)N[C@H]2CCCC[C@H]2C)cc(OC)c1OC. The molecule has 0 aliphatic heterocycles. The minimum atomic E-state index is 0.436. The molecule has 0 amide bonds. The van der Waals surface area contributed by atoms with Crippen molar-refractivity contribution in [2.45, 2.75) is 38.6 Å². The first-order valence-electron chi connectivity index (χ1n) is 7.96. The van der Waals surface area contributed by atoms with Gasteiger partial charge in [0, 0.05) is 23.9 Å². The Bertz CT molecular complexity index is 526. The van der Waals surface area contributed by atoms with Crippen LogP contribution in [0.15, 0.2) is 12.1 Å². The smallest absolute Gasteiger partial charge is 0.203 e. The van der Waals surface area contributed by atoms with Gasteiger partial charge in [-0.05, 0) is 31.0 Å². The average Bonchev–Trinajstić information content (AvgIpc) is 2.55. The Labute approximate surface area is 143 Å². The topological polar surface area (TPSA) is 51.8 Å². The lowest BCUT2D eigenvalue weighted by atomic mass is 9.86. The van der Waals surface area contributed by atoms with E-state index in [0.717, 1.165) is 12.1 Å². The highest BCUT2D eigenvalue weighted by molar-refractivity contribution is 7.80. The molecule has 1 aliphatic carbocycles. The van der Waals surface area contributed by atoms with Gasteiger partial charge < -0.3 is 24.8 Å². The van der Waals surface area contributed by atoms with Crippen molar-refractivity contribution in [2.75, 3.05) is 26.6 Å². The third kappa shape index (κ3) is 4.41. The monoisotopic (exact) mass is 338 g/mol. The molecule has 0 saturated heterocycles. The van der Waals surface area contributed by atoms with Crippen LogP contribution in [0.3, 0.4) is 0 Å². The normalized spacial score (nSPS) is 20.5. The Morgan fingerprint density at radius 3 is 2.17 bits per heavy atom. The van der Waals surface area contributed by atoms with Gasteiger partial charge in [-0.15, -0.1) is 0 Å². The van der Waals surface area contributed by atoms with Crippen molar-refractivity contribution in [3.05, 3.63) is 12.1 Å². The second kappa shape index (κ2) is 8.24. The predicted octanol–water partition coefficient (Wildman–Crippen LogP) is 3.58. The van der Waals surface area contributed by atoms with Crippen molar-refractivity contribution < 1.29 is 14.2 Å². The number of benzene rings is 1. The van der Waals surface area contributed by atoms with E-state index >= 15 is 0 Å². The van der Waals surface area contributed by atoms with Gasteiger partial charge in [0.05, 0.1) is 21.3 Å². The minimum absolute atomic E-state index is 0.436. The Hall–Kier alpha value is -1.69. The van der Waals surface area contributed by atoms with Crippen LogP contribution in [0.4, 0.5) is 5.69 Å². The molecule has 5 nitrogen and oxygen atoms in total. The maximum Gasteiger partial charge on any atom is 0.203 e. The molecule has 0 unspecified atom stereocenters. The molecule has 2 atom stereocenters. The van der Waals surface area contributed by atoms with Crippen LogP contribution in [0.5, 0.6) is 17.2 Å². The van der Waals surface area contributed by atoms with Crippen molar-refractivity contribution in [1.82, 2.24) is 5.32 Å². The second-order valence-electron chi connectivity index (χ2n) is 5.88. The number of methoxy groups -OCH3 is 3. The lowest BCUT2D eigenvalue weighted by Crippen LogP contribution is -2.43. The third-order valence-corrected chi connectivity index (χ3v) is 4.57. The lowest BCUT2D eigenvalue weighted by molar-refractivity contribution is 0.309. The summed E-state index contributed by atoms with van der Waals surface area (Å²) in [5.74, 6) is 2.41. The highest BCUT2D eigenvalue weighted by Crippen LogP contribution is 2.39. The maximum atomic E-state index is 5.45. The van der Waals surface area contributed by atoms with E-state index in [1.807, 2.05) is 12.1 Å². The van der Waals surface area contributed by atoms with E-state index in [2.05, 4.69) is 17.6 Å². The van der Waals surface area contributed by atoms with Gasteiger partial charge in [0.1, 0.15) is 0 Å². The minimum Gasteiger partial charge on any atom is -0.493 e.